The minimum Gasteiger partial charge on any atom is -0.444 e. The number of ether oxygens (including phenoxy) is 1. The van der Waals surface area contributed by atoms with Gasteiger partial charge in [-0.1, -0.05) is 0 Å². The first-order valence-corrected chi connectivity index (χ1v) is 7.73. The van der Waals surface area contributed by atoms with E-state index in [4.69, 9.17) is 4.74 Å². The molecule has 122 valence electrons. The highest BCUT2D eigenvalue weighted by Crippen LogP contribution is 2.16. The summed E-state index contributed by atoms with van der Waals surface area (Å²) < 4.78 is 5.40. The maximum atomic E-state index is 12.1. The van der Waals surface area contributed by atoms with Crippen molar-refractivity contribution in [2.75, 3.05) is 31.1 Å². The first kappa shape index (κ1) is 15.5. The number of piperazine rings is 1. The van der Waals surface area contributed by atoms with Gasteiger partial charge in [-0.15, -0.1) is 0 Å². The Bertz CT molecular complexity index is 705. The van der Waals surface area contributed by atoms with E-state index in [1.54, 1.807) is 17.3 Å². The highest BCUT2D eigenvalue weighted by atomic mass is 16.6. The van der Waals surface area contributed by atoms with E-state index in [0.717, 1.165) is 11.0 Å². The Morgan fingerprint density at radius 1 is 1.13 bits per heavy atom. The van der Waals surface area contributed by atoms with Crippen LogP contribution in [0.3, 0.4) is 0 Å². The Hall–Kier alpha value is -2.44. The van der Waals surface area contributed by atoms with Crippen molar-refractivity contribution in [2.45, 2.75) is 26.4 Å². The fraction of sp³-hybridized carbons (Fsp3) is 0.500. The standard InChI is InChI=1S/C16H21N5O2/c1-16(2,3)23-15(22)21-9-7-20(8-10-21)14-18-11-13-12(19-14)5-4-6-17-13/h4-6,11H,7-10H2,1-3H3. The van der Waals surface area contributed by atoms with E-state index in [0.29, 0.717) is 32.1 Å². The van der Waals surface area contributed by atoms with Crippen LogP contribution in [-0.2, 0) is 4.74 Å². The minimum atomic E-state index is -0.470. The number of hydrogen-bond acceptors (Lipinski definition) is 6. The van der Waals surface area contributed by atoms with Crippen LogP contribution >= 0.6 is 0 Å². The lowest BCUT2D eigenvalue weighted by molar-refractivity contribution is 0.0240. The Labute approximate surface area is 135 Å². The molecule has 0 atom stereocenters. The van der Waals surface area contributed by atoms with Crippen LogP contribution in [0, 0.1) is 0 Å². The molecule has 0 unspecified atom stereocenters. The van der Waals surface area contributed by atoms with Gasteiger partial charge >= 0.3 is 6.09 Å². The molecule has 23 heavy (non-hydrogen) atoms. The quantitative estimate of drug-likeness (QED) is 0.802. The third-order valence-electron chi connectivity index (χ3n) is 3.55. The number of fused-ring (bicyclic) bond motifs is 1. The number of amides is 1. The van der Waals surface area contributed by atoms with Crippen LogP contribution in [0.2, 0.25) is 0 Å². The van der Waals surface area contributed by atoms with Crippen molar-refractivity contribution in [1.29, 1.82) is 0 Å². The lowest BCUT2D eigenvalue weighted by Gasteiger charge is -2.35. The van der Waals surface area contributed by atoms with E-state index < -0.39 is 5.60 Å². The second-order valence-electron chi connectivity index (χ2n) is 6.53. The number of anilines is 1. The zero-order valence-corrected chi connectivity index (χ0v) is 13.7. The van der Waals surface area contributed by atoms with Gasteiger partial charge < -0.3 is 14.5 Å². The summed E-state index contributed by atoms with van der Waals surface area (Å²) in [4.78, 5) is 29.0. The summed E-state index contributed by atoms with van der Waals surface area (Å²) in [6.07, 6.45) is 3.20. The summed E-state index contributed by atoms with van der Waals surface area (Å²) in [5, 5.41) is 0. The van der Waals surface area contributed by atoms with E-state index >= 15 is 0 Å². The van der Waals surface area contributed by atoms with Gasteiger partial charge in [0, 0.05) is 32.4 Å². The van der Waals surface area contributed by atoms with Crippen molar-refractivity contribution < 1.29 is 9.53 Å². The molecule has 7 nitrogen and oxygen atoms in total. The molecule has 1 fully saturated rings. The molecule has 0 spiro atoms. The van der Waals surface area contributed by atoms with Gasteiger partial charge in [0.25, 0.3) is 0 Å². The number of hydrogen-bond donors (Lipinski definition) is 0. The van der Waals surface area contributed by atoms with E-state index in [9.17, 15) is 4.79 Å². The van der Waals surface area contributed by atoms with Gasteiger partial charge in [0.15, 0.2) is 0 Å². The molecule has 2 aromatic rings. The Morgan fingerprint density at radius 2 is 1.87 bits per heavy atom. The normalized spacial score (nSPS) is 15.8. The van der Waals surface area contributed by atoms with Gasteiger partial charge in [-0.3, -0.25) is 4.98 Å². The monoisotopic (exact) mass is 315 g/mol. The Balaban J connectivity index is 1.65. The van der Waals surface area contributed by atoms with Gasteiger partial charge in [-0.25, -0.2) is 14.8 Å². The third-order valence-corrected chi connectivity index (χ3v) is 3.55. The second-order valence-corrected chi connectivity index (χ2v) is 6.53. The fourth-order valence-corrected chi connectivity index (χ4v) is 2.43. The molecule has 0 aliphatic carbocycles. The van der Waals surface area contributed by atoms with Crippen molar-refractivity contribution in [3.8, 4) is 0 Å². The highest BCUT2D eigenvalue weighted by molar-refractivity contribution is 5.74. The van der Waals surface area contributed by atoms with Gasteiger partial charge in [-0.05, 0) is 32.9 Å². The van der Waals surface area contributed by atoms with Gasteiger partial charge in [0.2, 0.25) is 5.95 Å². The SMILES string of the molecule is CC(C)(C)OC(=O)N1CCN(c2ncc3ncccc3n2)CC1. The maximum Gasteiger partial charge on any atom is 0.410 e. The number of nitrogens with zero attached hydrogens (tertiary/aromatic N) is 5. The van der Waals surface area contributed by atoms with Crippen LogP contribution in [0.1, 0.15) is 20.8 Å². The summed E-state index contributed by atoms with van der Waals surface area (Å²) in [7, 11) is 0. The number of carbonyl (C=O) groups is 1. The molecule has 7 heteroatoms. The number of carbonyl (C=O) groups excluding carboxylic acids is 1. The highest BCUT2D eigenvalue weighted by Gasteiger charge is 2.26. The van der Waals surface area contributed by atoms with Crippen molar-refractivity contribution in [1.82, 2.24) is 19.9 Å². The second kappa shape index (κ2) is 5.98. The molecule has 3 heterocycles. The molecule has 2 aromatic heterocycles. The van der Waals surface area contributed by atoms with Crippen LogP contribution in [0.4, 0.5) is 10.7 Å². The first-order valence-electron chi connectivity index (χ1n) is 7.73. The molecule has 0 radical (unpaired) electrons. The predicted molar refractivity (Wildman–Crippen MR) is 87.4 cm³/mol. The first-order chi connectivity index (χ1) is 10.9. The Morgan fingerprint density at radius 3 is 2.57 bits per heavy atom. The molecule has 3 rings (SSSR count). The molecule has 0 aromatic carbocycles. The lowest BCUT2D eigenvalue weighted by Crippen LogP contribution is -2.50. The average Bonchev–Trinajstić information content (AvgIpc) is 2.53. The summed E-state index contributed by atoms with van der Waals surface area (Å²) in [5.74, 6) is 0.675. The van der Waals surface area contributed by atoms with E-state index in [2.05, 4.69) is 19.9 Å². The van der Waals surface area contributed by atoms with Crippen LogP contribution in [0.25, 0.3) is 11.0 Å². The summed E-state index contributed by atoms with van der Waals surface area (Å²) in [5.41, 5.74) is 1.14. The minimum absolute atomic E-state index is 0.263. The average molecular weight is 315 g/mol. The molecule has 0 saturated carbocycles. The molecule has 1 saturated heterocycles. The molecule has 0 bridgehead atoms. The topological polar surface area (TPSA) is 71.5 Å². The number of pyridine rings is 1. The van der Waals surface area contributed by atoms with Crippen molar-refractivity contribution in [3.63, 3.8) is 0 Å². The summed E-state index contributed by atoms with van der Waals surface area (Å²) >= 11 is 0. The van der Waals surface area contributed by atoms with Gasteiger partial charge in [-0.2, -0.15) is 0 Å². The molecule has 0 N–H and O–H groups in total. The van der Waals surface area contributed by atoms with Crippen LogP contribution < -0.4 is 4.90 Å². The molecule has 1 aliphatic rings. The van der Waals surface area contributed by atoms with Crippen molar-refractivity contribution in [2.24, 2.45) is 0 Å². The van der Waals surface area contributed by atoms with Gasteiger partial charge in [0.1, 0.15) is 11.1 Å². The van der Waals surface area contributed by atoms with Crippen molar-refractivity contribution >= 4 is 23.1 Å². The maximum absolute atomic E-state index is 12.1. The number of rotatable bonds is 1. The molecule has 1 amide bonds. The Kier molecular flexibility index (Phi) is 4.02. The van der Waals surface area contributed by atoms with Crippen LogP contribution in [0.15, 0.2) is 24.5 Å². The molecule has 1 aliphatic heterocycles. The van der Waals surface area contributed by atoms with E-state index in [1.165, 1.54) is 0 Å². The van der Waals surface area contributed by atoms with Gasteiger partial charge in [0.05, 0.1) is 11.7 Å². The van der Waals surface area contributed by atoms with E-state index in [-0.39, 0.29) is 6.09 Å². The fourth-order valence-electron chi connectivity index (χ4n) is 2.43. The molecular formula is C16H21N5O2. The zero-order valence-electron chi connectivity index (χ0n) is 13.7. The van der Waals surface area contributed by atoms with E-state index in [1.807, 2.05) is 32.9 Å². The van der Waals surface area contributed by atoms with Crippen LogP contribution in [-0.4, -0.2) is 57.7 Å². The van der Waals surface area contributed by atoms with Crippen LogP contribution in [0.5, 0.6) is 0 Å². The molecular weight excluding hydrogens is 294 g/mol. The smallest absolute Gasteiger partial charge is 0.410 e. The third kappa shape index (κ3) is 3.67. The summed E-state index contributed by atoms with van der Waals surface area (Å²) in [6, 6.07) is 3.78. The zero-order chi connectivity index (χ0) is 16.4. The van der Waals surface area contributed by atoms with Crippen molar-refractivity contribution in [3.05, 3.63) is 24.5 Å². The largest absolute Gasteiger partial charge is 0.444 e. The summed E-state index contributed by atoms with van der Waals surface area (Å²) in [6.45, 7) is 8.19. The number of aromatic nitrogens is 3. The predicted octanol–water partition coefficient (Wildman–Crippen LogP) is 2.08. The lowest BCUT2D eigenvalue weighted by atomic mass is 10.2.